The van der Waals surface area contributed by atoms with Crippen molar-refractivity contribution >= 4 is 0 Å². The molecule has 0 saturated carbocycles. The van der Waals surface area contributed by atoms with Gasteiger partial charge in [-0.25, -0.2) is 0 Å². The number of hydrogen-bond donors (Lipinski definition) is 1. The van der Waals surface area contributed by atoms with Gasteiger partial charge >= 0.3 is 0 Å². The maximum Gasteiger partial charge on any atom is 0.119 e. The fourth-order valence-electron chi connectivity index (χ4n) is 2.99. The van der Waals surface area contributed by atoms with E-state index in [9.17, 15) is 0 Å². The van der Waals surface area contributed by atoms with E-state index in [0.717, 1.165) is 38.4 Å². The molecule has 21 heavy (non-hydrogen) atoms. The minimum Gasteiger partial charge on any atom is -0.494 e. The zero-order chi connectivity index (χ0) is 14.9. The van der Waals surface area contributed by atoms with Crippen molar-refractivity contribution in [3.8, 4) is 5.75 Å². The van der Waals surface area contributed by atoms with Crippen LogP contribution in [-0.2, 0) is 6.54 Å². The van der Waals surface area contributed by atoms with Crippen molar-refractivity contribution in [1.82, 2.24) is 10.2 Å². The molecule has 1 aromatic rings. The molecule has 1 N–H and O–H groups in total. The van der Waals surface area contributed by atoms with E-state index < -0.39 is 0 Å². The van der Waals surface area contributed by atoms with E-state index in [4.69, 9.17) is 4.74 Å². The number of benzene rings is 1. The van der Waals surface area contributed by atoms with Gasteiger partial charge in [0.2, 0.25) is 0 Å². The summed E-state index contributed by atoms with van der Waals surface area (Å²) >= 11 is 0. The van der Waals surface area contributed by atoms with Gasteiger partial charge in [-0.15, -0.1) is 0 Å². The molecule has 1 aliphatic heterocycles. The number of rotatable bonds is 9. The second kappa shape index (κ2) is 9.06. The van der Waals surface area contributed by atoms with Crippen molar-refractivity contribution < 1.29 is 4.74 Å². The SMILES string of the molecule is CCCOc1cccc(CN(CCC)CC2CCCN2)c1. The summed E-state index contributed by atoms with van der Waals surface area (Å²) in [4.78, 5) is 2.57. The molecule has 1 heterocycles. The van der Waals surface area contributed by atoms with Crippen LogP contribution >= 0.6 is 0 Å². The molecule has 1 aliphatic rings. The summed E-state index contributed by atoms with van der Waals surface area (Å²) < 4.78 is 5.74. The smallest absolute Gasteiger partial charge is 0.119 e. The first-order chi connectivity index (χ1) is 10.3. The summed E-state index contributed by atoms with van der Waals surface area (Å²) in [6.07, 6.45) is 4.91. The first-order valence-corrected chi connectivity index (χ1v) is 8.49. The molecule has 3 heteroatoms. The first-order valence-electron chi connectivity index (χ1n) is 8.49. The van der Waals surface area contributed by atoms with Crippen molar-refractivity contribution in [2.75, 3.05) is 26.2 Å². The van der Waals surface area contributed by atoms with E-state index >= 15 is 0 Å². The molecule has 0 spiro atoms. The van der Waals surface area contributed by atoms with Crippen LogP contribution in [0.15, 0.2) is 24.3 Å². The van der Waals surface area contributed by atoms with Crippen LogP contribution in [0.3, 0.4) is 0 Å². The Bertz CT molecular complexity index is 402. The lowest BCUT2D eigenvalue weighted by molar-refractivity contribution is 0.241. The van der Waals surface area contributed by atoms with Crippen LogP contribution < -0.4 is 10.1 Å². The summed E-state index contributed by atoms with van der Waals surface area (Å²) in [5.41, 5.74) is 1.36. The average molecular weight is 290 g/mol. The Hall–Kier alpha value is -1.06. The predicted molar refractivity (Wildman–Crippen MR) is 88.8 cm³/mol. The van der Waals surface area contributed by atoms with Crippen molar-refractivity contribution in [2.45, 2.75) is 52.1 Å². The van der Waals surface area contributed by atoms with Gasteiger partial charge in [-0.3, -0.25) is 4.90 Å². The van der Waals surface area contributed by atoms with Crippen LogP contribution in [0.4, 0.5) is 0 Å². The number of ether oxygens (including phenoxy) is 1. The lowest BCUT2D eigenvalue weighted by Gasteiger charge is -2.25. The summed E-state index contributed by atoms with van der Waals surface area (Å²) in [6, 6.07) is 9.25. The van der Waals surface area contributed by atoms with Crippen molar-refractivity contribution in [2.24, 2.45) is 0 Å². The molecule has 1 atom stereocenters. The fourth-order valence-corrected chi connectivity index (χ4v) is 2.99. The second-order valence-electron chi connectivity index (χ2n) is 6.02. The van der Waals surface area contributed by atoms with Crippen LogP contribution in [-0.4, -0.2) is 37.2 Å². The van der Waals surface area contributed by atoms with Gasteiger partial charge in [0.05, 0.1) is 6.61 Å². The Labute approximate surface area is 129 Å². The second-order valence-corrected chi connectivity index (χ2v) is 6.02. The van der Waals surface area contributed by atoms with Gasteiger partial charge < -0.3 is 10.1 Å². The summed E-state index contributed by atoms with van der Waals surface area (Å²) in [5, 5.41) is 3.60. The molecule has 1 aromatic carbocycles. The molecule has 0 amide bonds. The highest BCUT2D eigenvalue weighted by molar-refractivity contribution is 5.28. The molecule has 1 fully saturated rings. The minimum absolute atomic E-state index is 0.677. The Morgan fingerprint density at radius 3 is 2.90 bits per heavy atom. The number of nitrogens with one attached hydrogen (secondary N) is 1. The van der Waals surface area contributed by atoms with E-state index in [1.165, 1.54) is 31.4 Å². The lowest BCUT2D eigenvalue weighted by atomic mass is 10.1. The fraction of sp³-hybridized carbons (Fsp3) is 0.667. The Morgan fingerprint density at radius 1 is 1.29 bits per heavy atom. The third-order valence-electron chi connectivity index (χ3n) is 3.96. The molecular weight excluding hydrogens is 260 g/mol. The standard InChI is InChI=1S/C18H30N2O/c1-3-11-20(15-17-8-6-10-19-17)14-16-7-5-9-18(13-16)21-12-4-2/h5,7,9,13,17,19H,3-4,6,8,10-12,14-15H2,1-2H3. The topological polar surface area (TPSA) is 24.5 Å². The van der Waals surface area contributed by atoms with Gasteiger partial charge in [-0.1, -0.05) is 26.0 Å². The Balaban J connectivity index is 1.91. The normalized spacial score (nSPS) is 18.3. The van der Waals surface area contributed by atoms with Crippen molar-refractivity contribution in [1.29, 1.82) is 0 Å². The quantitative estimate of drug-likeness (QED) is 0.754. The summed E-state index contributed by atoms with van der Waals surface area (Å²) in [7, 11) is 0. The molecule has 0 aliphatic carbocycles. The van der Waals surface area contributed by atoms with Gasteiger partial charge in [0.15, 0.2) is 0 Å². The van der Waals surface area contributed by atoms with Crippen LogP contribution in [0, 0.1) is 0 Å². The highest BCUT2D eigenvalue weighted by Gasteiger charge is 2.17. The van der Waals surface area contributed by atoms with Gasteiger partial charge in [0.25, 0.3) is 0 Å². The van der Waals surface area contributed by atoms with E-state index in [0.29, 0.717) is 6.04 Å². The Morgan fingerprint density at radius 2 is 2.19 bits per heavy atom. The van der Waals surface area contributed by atoms with E-state index in [1.54, 1.807) is 0 Å². The lowest BCUT2D eigenvalue weighted by Crippen LogP contribution is -2.37. The molecule has 3 nitrogen and oxygen atoms in total. The van der Waals surface area contributed by atoms with E-state index in [-0.39, 0.29) is 0 Å². The first kappa shape index (κ1) is 16.3. The van der Waals surface area contributed by atoms with Crippen LogP contribution in [0.25, 0.3) is 0 Å². The van der Waals surface area contributed by atoms with Gasteiger partial charge in [-0.05, 0) is 56.5 Å². The van der Waals surface area contributed by atoms with Gasteiger partial charge in [0.1, 0.15) is 5.75 Å². The molecule has 1 unspecified atom stereocenters. The van der Waals surface area contributed by atoms with Crippen LogP contribution in [0.5, 0.6) is 5.75 Å². The highest BCUT2D eigenvalue weighted by atomic mass is 16.5. The molecule has 0 bridgehead atoms. The molecule has 1 saturated heterocycles. The zero-order valence-corrected chi connectivity index (χ0v) is 13.6. The third kappa shape index (κ3) is 5.68. The predicted octanol–water partition coefficient (Wildman–Crippen LogP) is 3.44. The van der Waals surface area contributed by atoms with Gasteiger partial charge in [0, 0.05) is 19.1 Å². The van der Waals surface area contributed by atoms with E-state index in [2.05, 4.69) is 48.3 Å². The Kier molecular flexibility index (Phi) is 7.04. The molecule has 118 valence electrons. The summed E-state index contributed by atoms with van der Waals surface area (Å²) in [6.45, 7) is 9.73. The number of nitrogens with zero attached hydrogens (tertiary/aromatic N) is 1. The molecule has 0 aromatic heterocycles. The summed E-state index contributed by atoms with van der Waals surface area (Å²) in [5.74, 6) is 1.00. The minimum atomic E-state index is 0.677. The zero-order valence-electron chi connectivity index (χ0n) is 13.6. The highest BCUT2D eigenvalue weighted by Crippen LogP contribution is 2.16. The molecule has 2 rings (SSSR count). The monoisotopic (exact) mass is 290 g/mol. The van der Waals surface area contributed by atoms with Crippen LogP contribution in [0.1, 0.15) is 45.1 Å². The largest absolute Gasteiger partial charge is 0.494 e. The average Bonchev–Trinajstić information content (AvgIpc) is 2.99. The van der Waals surface area contributed by atoms with Crippen LogP contribution in [0.2, 0.25) is 0 Å². The van der Waals surface area contributed by atoms with E-state index in [1.807, 2.05) is 0 Å². The van der Waals surface area contributed by atoms with Crippen molar-refractivity contribution in [3.05, 3.63) is 29.8 Å². The maximum atomic E-state index is 5.74. The molecule has 0 radical (unpaired) electrons. The van der Waals surface area contributed by atoms with Gasteiger partial charge in [-0.2, -0.15) is 0 Å². The van der Waals surface area contributed by atoms with Crippen molar-refractivity contribution in [3.63, 3.8) is 0 Å². The number of hydrogen-bond acceptors (Lipinski definition) is 3. The molecular formula is C18H30N2O. The maximum absolute atomic E-state index is 5.74. The third-order valence-corrected chi connectivity index (χ3v) is 3.96.